The summed E-state index contributed by atoms with van der Waals surface area (Å²) in [7, 11) is 0. The zero-order valence-electron chi connectivity index (χ0n) is 9.60. The van der Waals surface area contributed by atoms with Crippen LogP contribution in [-0.2, 0) is 0 Å². The van der Waals surface area contributed by atoms with Crippen LogP contribution in [0.3, 0.4) is 0 Å². The van der Waals surface area contributed by atoms with Crippen LogP contribution in [0, 0.1) is 0 Å². The van der Waals surface area contributed by atoms with Crippen molar-refractivity contribution in [1.82, 2.24) is 0 Å². The Labute approximate surface area is 95.7 Å². The van der Waals surface area contributed by atoms with Crippen LogP contribution in [0.25, 0.3) is 0 Å². The number of carbonyl (C=O) groups is 1. The van der Waals surface area contributed by atoms with Crippen LogP contribution in [-0.4, -0.2) is 19.0 Å². The average molecular weight is 220 g/mol. The Morgan fingerprint density at radius 1 is 1.50 bits per heavy atom. The molecule has 1 unspecified atom stereocenters. The summed E-state index contributed by atoms with van der Waals surface area (Å²) in [6, 6.07) is 5.24. The molecule has 0 aliphatic heterocycles. The Morgan fingerprint density at radius 3 is 2.81 bits per heavy atom. The third-order valence-electron chi connectivity index (χ3n) is 2.07. The van der Waals surface area contributed by atoms with Gasteiger partial charge in [-0.15, -0.1) is 0 Å². The Morgan fingerprint density at radius 2 is 2.25 bits per heavy atom. The van der Waals surface area contributed by atoms with Crippen LogP contribution in [0.2, 0.25) is 0 Å². The van der Waals surface area contributed by atoms with E-state index >= 15 is 0 Å². The van der Waals surface area contributed by atoms with Gasteiger partial charge < -0.3 is 9.47 Å². The minimum atomic E-state index is -0.166. The average Bonchev–Trinajstić information content (AvgIpc) is 2.31. The maximum absolute atomic E-state index is 10.9. The first-order valence-corrected chi connectivity index (χ1v) is 5.23. The number of benzene rings is 1. The molecule has 0 heterocycles. The van der Waals surface area contributed by atoms with Crippen molar-refractivity contribution in [2.24, 2.45) is 0 Å². The fourth-order valence-electron chi connectivity index (χ4n) is 1.25. The van der Waals surface area contributed by atoms with Gasteiger partial charge in [-0.05, 0) is 26.0 Å². The fraction of sp³-hybridized carbons (Fsp3) is 0.308. The van der Waals surface area contributed by atoms with Crippen molar-refractivity contribution in [2.75, 3.05) is 6.61 Å². The third-order valence-corrected chi connectivity index (χ3v) is 2.07. The van der Waals surface area contributed by atoms with Gasteiger partial charge in [0.15, 0.2) is 17.8 Å². The molecule has 0 spiro atoms. The largest absolute Gasteiger partial charge is 0.490 e. The van der Waals surface area contributed by atoms with Gasteiger partial charge in [-0.25, -0.2) is 0 Å². The molecule has 0 fully saturated rings. The summed E-state index contributed by atoms with van der Waals surface area (Å²) < 4.78 is 11.0. The highest BCUT2D eigenvalue weighted by molar-refractivity contribution is 5.81. The molecule has 0 aliphatic carbocycles. The Bertz CT molecular complexity index is 371. The van der Waals surface area contributed by atoms with Crippen molar-refractivity contribution < 1.29 is 14.3 Å². The molecule has 0 bridgehead atoms. The number of rotatable bonds is 6. The zero-order valence-corrected chi connectivity index (χ0v) is 9.60. The van der Waals surface area contributed by atoms with Crippen molar-refractivity contribution in [3.8, 4) is 11.5 Å². The topological polar surface area (TPSA) is 35.5 Å². The quantitative estimate of drug-likeness (QED) is 0.546. The van der Waals surface area contributed by atoms with Crippen molar-refractivity contribution in [2.45, 2.75) is 20.0 Å². The second kappa shape index (κ2) is 5.95. The highest BCUT2D eigenvalue weighted by Gasteiger charge is 2.12. The standard InChI is InChI=1S/C13H16O3/c1-4-10(3)16-13-11(9-14)7-6-8-12(13)15-5-2/h4,6-10H,1,5H2,2-3H3. The first-order valence-electron chi connectivity index (χ1n) is 5.23. The molecule has 0 saturated carbocycles. The van der Waals surface area contributed by atoms with Crippen LogP contribution in [0.5, 0.6) is 11.5 Å². The van der Waals surface area contributed by atoms with Crippen LogP contribution >= 0.6 is 0 Å². The Hall–Kier alpha value is -1.77. The minimum Gasteiger partial charge on any atom is -0.490 e. The first kappa shape index (κ1) is 12.3. The lowest BCUT2D eigenvalue weighted by atomic mass is 10.2. The smallest absolute Gasteiger partial charge is 0.172 e. The van der Waals surface area contributed by atoms with Gasteiger partial charge in [0, 0.05) is 0 Å². The third kappa shape index (κ3) is 2.86. The molecule has 1 aromatic rings. The molecule has 0 N–H and O–H groups in total. The molecule has 1 rings (SSSR count). The van der Waals surface area contributed by atoms with Gasteiger partial charge in [-0.1, -0.05) is 18.7 Å². The van der Waals surface area contributed by atoms with E-state index in [1.165, 1.54) is 0 Å². The number of hydrogen-bond acceptors (Lipinski definition) is 3. The molecule has 16 heavy (non-hydrogen) atoms. The predicted octanol–water partition coefficient (Wildman–Crippen LogP) is 2.85. The van der Waals surface area contributed by atoms with Crippen LogP contribution < -0.4 is 9.47 Å². The monoisotopic (exact) mass is 220 g/mol. The number of carbonyl (C=O) groups excluding carboxylic acids is 1. The minimum absolute atomic E-state index is 0.166. The lowest BCUT2D eigenvalue weighted by Gasteiger charge is -2.16. The summed E-state index contributed by atoms with van der Waals surface area (Å²) in [6.45, 7) is 7.90. The lowest BCUT2D eigenvalue weighted by molar-refractivity contribution is 0.111. The molecule has 1 atom stereocenters. The summed E-state index contributed by atoms with van der Waals surface area (Å²) in [5.41, 5.74) is 0.486. The number of aldehydes is 1. The molecule has 0 aromatic heterocycles. The molecule has 0 saturated heterocycles. The van der Waals surface area contributed by atoms with E-state index in [0.717, 1.165) is 6.29 Å². The normalized spacial score (nSPS) is 11.6. The molecule has 0 radical (unpaired) electrons. The highest BCUT2D eigenvalue weighted by Crippen LogP contribution is 2.31. The maximum atomic E-state index is 10.9. The second-order valence-corrected chi connectivity index (χ2v) is 3.28. The van der Waals surface area contributed by atoms with E-state index in [4.69, 9.17) is 9.47 Å². The van der Waals surface area contributed by atoms with Crippen molar-refractivity contribution in [3.05, 3.63) is 36.4 Å². The number of ether oxygens (including phenoxy) is 2. The Kier molecular flexibility index (Phi) is 4.58. The Balaban J connectivity index is 3.08. The molecular formula is C13H16O3. The number of hydrogen-bond donors (Lipinski definition) is 0. The van der Waals surface area contributed by atoms with Gasteiger partial charge in [0.05, 0.1) is 12.2 Å². The second-order valence-electron chi connectivity index (χ2n) is 3.28. The van der Waals surface area contributed by atoms with Gasteiger partial charge in [-0.3, -0.25) is 4.79 Å². The lowest BCUT2D eigenvalue weighted by Crippen LogP contribution is -2.10. The van der Waals surface area contributed by atoms with E-state index in [1.54, 1.807) is 24.3 Å². The number of para-hydroxylation sites is 1. The molecule has 1 aromatic carbocycles. The van der Waals surface area contributed by atoms with Crippen LogP contribution in [0.4, 0.5) is 0 Å². The summed E-state index contributed by atoms with van der Waals surface area (Å²) in [4.78, 5) is 10.9. The van der Waals surface area contributed by atoms with Crippen molar-refractivity contribution in [1.29, 1.82) is 0 Å². The van der Waals surface area contributed by atoms with E-state index in [-0.39, 0.29) is 6.10 Å². The maximum Gasteiger partial charge on any atom is 0.172 e. The SMILES string of the molecule is C=CC(C)Oc1c(C=O)cccc1OCC. The van der Waals surface area contributed by atoms with Crippen LogP contribution in [0.1, 0.15) is 24.2 Å². The van der Waals surface area contributed by atoms with Gasteiger partial charge in [0.2, 0.25) is 0 Å². The fourth-order valence-corrected chi connectivity index (χ4v) is 1.25. The van der Waals surface area contributed by atoms with Gasteiger partial charge >= 0.3 is 0 Å². The molecule has 86 valence electrons. The van der Waals surface area contributed by atoms with E-state index in [2.05, 4.69) is 6.58 Å². The summed E-state index contributed by atoms with van der Waals surface area (Å²) >= 11 is 0. The zero-order chi connectivity index (χ0) is 12.0. The molecule has 3 heteroatoms. The highest BCUT2D eigenvalue weighted by atomic mass is 16.5. The molecule has 0 amide bonds. The van der Waals surface area contributed by atoms with Crippen molar-refractivity contribution >= 4 is 6.29 Å². The van der Waals surface area contributed by atoms with Gasteiger partial charge in [0.25, 0.3) is 0 Å². The summed E-state index contributed by atoms with van der Waals surface area (Å²) in [5.74, 6) is 1.06. The van der Waals surface area contributed by atoms with Gasteiger partial charge in [0.1, 0.15) is 6.10 Å². The van der Waals surface area contributed by atoms with E-state index in [1.807, 2.05) is 13.8 Å². The molecular weight excluding hydrogens is 204 g/mol. The first-order chi connectivity index (χ1) is 7.72. The van der Waals surface area contributed by atoms with E-state index in [0.29, 0.717) is 23.7 Å². The van der Waals surface area contributed by atoms with Crippen molar-refractivity contribution in [3.63, 3.8) is 0 Å². The molecule has 3 nitrogen and oxygen atoms in total. The van der Waals surface area contributed by atoms with E-state index < -0.39 is 0 Å². The van der Waals surface area contributed by atoms with Crippen LogP contribution in [0.15, 0.2) is 30.9 Å². The summed E-state index contributed by atoms with van der Waals surface area (Å²) in [5, 5.41) is 0. The molecule has 0 aliphatic rings. The summed E-state index contributed by atoms with van der Waals surface area (Å²) in [6.07, 6.45) is 2.26. The predicted molar refractivity (Wildman–Crippen MR) is 63.3 cm³/mol. The van der Waals surface area contributed by atoms with E-state index in [9.17, 15) is 4.79 Å². The van der Waals surface area contributed by atoms with Gasteiger partial charge in [-0.2, -0.15) is 0 Å².